The minimum atomic E-state index is -2.25. The third-order valence-corrected chi connectivity index (χ3v) is 20.6. The molecule has 0 saturated carbocycles. The van der Waals surface area contributed by atoms with Crippen LogP contribution in [-0.4, -0.2) is 241 Å². The lowest BCUT2D eigenvalue weighted by Crippen LogP contribution is -2.64. The van der Waals surface area contributed by atoms with E-state index in [-0.39, 0.29) is 76.0 Å². The predicted octanol–water partition coefficient (Wildman–Crippen LogP) is 5.29. The number of hydrogen-bond donors (Lipinski definition) is 16. The zero-order valence-electron chi connectivity index (χ0n) is 59.0. The zero-order chi connectivity index (χ0) is 70.7. The lowest BCUT2D eigenvalue weighted by Gasteiger charge is -2.50. The van der Waals surface area contributed by atoms with E-state index in [4.69, 9.17) is 18.9 Å². The molecule has 0 aromatic carbocycles. The van der Waals surface area contributed by atoms with Crippen molar-refractivity contribution in [2.45, 2.75) is 351 Å². The molecule has 22 heteroatoms. The highest BCUT2D eigenvalue weighted by atomic mass is 16.7. The molecule has 0 unspecified atom stereocenters. The summed E-state index contributed by atoms with van der Waals surface area (Å²) in [7, 11) is 3.41. The molecular weight excluding hydrogens is 1210 g/mol. The lowest BCUT2D eigenvalue weighted by molar-refractivity contribution is -0.351. The Morgan fingerprint density at radius 3 is 1.78 bits per heavy atom. The molecule has 28 atom stereocenters. The molecule has 0 radical (unpaired) electrons. The highest BCUT2D eigenvalue weighted by Gasteiger charge is 2.53. The maximum Gasteiger partial charge on any atom is 0.311 e. The largest absolute Gasteiger partial charge is 0.458 e. The summed E-state index contributed by atoms with van der Waals surface area (Å²) in [5.41, 5.74) is 1.12. The number of fused-ring (bicyclic) bond motifs is 2. The summed E-state index contributed by atoms with van der Waals surface area (Å²) >= 11 is 0. The highest BCUT2D eigenvalue weighted by molar-refractivity contribution is 5.71. The number of esters is 1. The van der Waals surface area contributed by atoms with Crippen LogP contribution in [0.4, 0.5) is 0 Å². The molecule has 550 valence electrons. The Kier molecular flexibility index (Phi) is 39.6. The van der Waals surface area contributed by atoms with Crippen LogP contribution in [0, 0.1) is 35.5 Å². The molecule has 0 amide bonds. The van der Waals surface area contributed by atoms with Gasteiger partial charge >= 0.3 is 5.97 Å². The Balaban J connectivity index is 1.84. The second-order valence-electron chi connectivity index (χ2n) is 29.0. The summed E-state index contributed by atoms with van der Waals surface area (Å²) in [5, 5.41) is 179. The fourth-order valence-corrected chi connectivity index (χ4v) is 13.4. The van der Waals surface area contributed by atoms with E-state index in [0.29, 0.717) is 62.5 Å². The summed E-state index contributed by atoms with van der Waals surface area (Å²) in [6, 6.07) is -0.775. The number of ether oxygens (including phenoxy) is 4. The van der Waals surface area contributed by atoms with E-state index < -0.39 is 170 Å². The summed E-state index contributed by atoms with van der Waals surface area (Å²) in [5.74, 6) is -6.48. The Bertz CT molecular complexity index is 2200. The third kappa shape index (κ3) is 29.4. The van der Waals surface area contributed by atoms with Crippen molar-refractivity contribution in [1.29, 1.82) is 0 Å². The maximum atomic E-state index is 13.7. The second kappa shape index (κ2) is 43.3. The zero-order valence-corrected chi connectivity index (χ0v) is 59.0. The van der Waals surface area contributed by atoms with E-state index in [1.54, 1.807) is 92.6 Å². The van der Waals surface area contributed by atoms with E-state index >= 15 is 0 Å². The van der Waals surface area contributed by atoms with Gasteiger partial charge in [0.2, 0.25) is 0 Å². The number of carbonyl (C=O) groups is 1. The van der Waals surface area contributed by atoms with E-state index in [1.807, 2.05) is 13.0 Å². The number of rotatable bonds is 8. The molecular formula is C72H131NO21. The van der Waals surface area contributed by atoms with Crippen LogP contribution in [-0.2, 0) is 23.7 Å². The van der Waals surface area contributed by atoms with Gasteiger partial charge in [0.1, 0.15) is 12.2 Å². The monoisotopic (exact) mass is 1350 g/mol. The summed E-state index contributed by atoms with van der Waals surface area (Å²) in [4.78, 5) is 15.4. The average Bonchev–Trinajstić information content (AvgIpc) is 0.777. The van der Waals surface area contributed by atoms with Gasteiger partial charge in [-0.05, 0) is 161 Å². The molecule has 3 aliphatic rings. The van der Waals surface area contributed by atoms with Gasteiger partial charge in [-0.1, -0.05) is 97.6 Å². The fourth-order valence-electron chi connectivity index (χ4n) is 13.4. The van der Waals surface area contributed by atoms with Crippen molar-refractivity contribution in [2.75, 3.05) is 14.1 Å². The predicted molar refractivity (Wildman–Crippen MR) is 359 cm³/mol. The number of cyclic esters (lactones) is 1. The summed E-state index contributed by atoms with van der Waals surface area (Å²) in [6.07, 6.45) is -1.84. The number of aliphatic hydroxyl groups is 16. The molecule has 0 aliphatic carbocycles. The van der Waals surface area contributed by atoms with Crippen molar-refractivity contribution in [3.8, 4) is 0 Å². The summed E-state index contributed by atoms with van der Waals surface area (Å²) < 4.78 is 24.5. The van der Waals surface area contributed by atoms with Crippen LogP contribution in [0.2, 0.25) is 0 Å². The lowest BCUT2D eigenvalue weighted by atomic mass is 9.80. The molecule has 2 bridgehead atoms. The number of hydrogen-bond acceptors (Lipinski definition) is 22. The van der Waals surface area contributed by atoms with Gasteiger partial charge < -0.3 is 106 Å². The van der Waals surface area contributed by atoms with Gasteiger partial charge in [0.15, 0.2) is 12.1 Å². The van der Waals surface area contributed by atoms with Crippen molar-refractivity contribution in [3.05, 3.63) is 47.6 Å². The average molecular weight is 1350 g/mol. The maximum absolute atomic E-state index is 13.7. The SMILES string of the molecule is CCCCCC[C@H]1/C=C(/C)[C@H](O)C[C@@H](O)CCC[C@H](O)[C@H](C)[C@H](O)C/C=C\C=C(\C)[C@H](O)[C@H](C)[C@H]2C[C@@H](O[C@@H]3O[C@H](C)[C@@H](O)[C@H](N(C)C)[C@H]3O)[C@@H](C)[C@](O)(CC(=O)O[C@@H](C)/C=C\[C@H](O)C[C@H](O)CCC[C@@H](O)[C@@H](C)[C@H](O)CC[C@@H](C)[C@H](O)C[C@@H](O)C[C@@H](O)CCC[C@@H]1O)O2. The van der Waals surface area contributed by atoms with Gasteiger partial charge in [-0.3, -0.25) is 4.79 Å². The number of aliphatic hydroxyl groups excluding tert-OH is 15. The molecule has 2 saturated heterocycles. The quantitative estimate of drug-likeness (QED) is 0.0834. The number of nitrogens with zero attached hydrogens (tertiary/aromatic N) is 1. The Morgan fingerprint density at radius 2 is 1.17 bits per heavy atom. The molecule has 2 fully saturated rings. The van der Waals surface area contributed by atoms with Crippen molar-refractivity contribution < 1.29 is 105 Å². The van der Waals surface area contributed by atoms with Gasteiger partial charge in [0, 0.05) is 48.9 Å². The van der Waals surface area contributed by atoms with E-state index in [0.717, 1.165) is 25.7 Å². The van der Waals surface area contributed by atoms with E-state index in [2.05, 4.69) is 6.92 Å². The first-order valence-electron chi connectivity index (χ1n) is 35.6. The first-order valence-corrected chi connectivity index (χ1v) is 35.6. The van der Waals surface area contributed by atoms with Gasteiger partial charge in [0.05, 0.1) is 116 Å². The van der Waals surface area contributed by atoms with Crippen molar-refractivity contribution in [2.24, 2.45) is 35.5 Å². The van der Waals surface area contributed by atoms with Crippen molar-refractivity contribution in [3.63, 3.8) is 0 Å². The van der Waals surface area contributed by atoms with Crippen LogP contribution < -0.4 is 0 Å². The molecule has 22 nitrogen and oxygen atoms in total. The van der Waals surface area contributed by atoms with Crippen molar-refractivity contribution >= 4 is 5.97 Å². The molecule has 0 spiro atoms. The van der Waals surface area contributed by atoms with Crippen LogP contribution in [0.25, 0.3) is 0 Å². The van der Waals surface area contributed by atoms with Gasteiger partial charge in [-0.15, -0.1) is 0 Å². The van der Waals surface area contributed by atoms with E-state index in [1.165, 1.54) is 12.2 Å². The van der Waals surface area contributed by atoms with Crippen LogP contribution in [0.1, 0.15) is 217 Å². The Morgan fingerprint density at radius 1 is 0.596 bits per heavy atom. The molecule has 0 aromatic heterocycles. The summed E-state index contributed by atoms with van der Waals surface area (Å²) in [6.45, 7) is 17.4. The van der Waals surface area contributed by atoms with E-state index in [9.17, 15) is 86.5 Å². The smallest absolute Gasteiger partial charge is 0.311 e. The van der Waals surface area contributed by atoms with Gasteiger partial charge in [0.25, 0.3) is 0 Å². The highest BCUT2D eigenvalue weighted by Crippen LogP contribution is 2.42. The number of likely N-dealkylation sites (N-methyl/N-ethyl adjacent to an activating group) is 1. The van der Waals surface area contributed by atoms with Crippen LogP contribution in [0.3, 0.4) is 0 Å². The molecule has 3 rings (SSSR count). The molecule has 0 aromatic rings. The minimum Gasteiger partial charge on any atom is -0.458 e. The molecule has 94 heavy (non-hydrogen) atoms. The van der Waals surface area contributed by atoms with Gasteiger partial charge in [-0.25, -0.2) is 0 Å². The molecule has 3 aliphatic heterocycles. The van der Waals surface area contributed by atoms with Crippen LogP contribution in [0.15, 0.2) is 47.6 Å². The third-order valence-electron chi connectivity index (χ3n) is 20.6. The van der Waals surface area contributed by atoms with Gasteiger partial charge in [-0.2, -0.15) is 0 Å². The normalized spacial score (nSPS) is 44.3. The number of carbonyl (C=O) groups excluding carboxylic acids is 1. The first-order chi connectivity index (χ1) is 44.1. The minimum absolute atomic E-state index is 0.0134. The molecule has 3 heterocycles. The first kappa shape index (κ1) is 85.9. The Hall–Kier alpha value is -2.37. The topological polar surface area (TPSA) is 381 Å². The fraction of sp³-hybridized carbons (Fsp3) is 0.875. The standard InChI is InChI=1S/C72H131NO21/c1-13-14-15-16-23-51-35-44(4)63(85)38-54(76)26-20-29-58(80)46(6)57(79)27-18-17-22-43(3)68(87)48(8)64-40-65(93-71-70(89)67(73(11)12)69(88)50(10)92-71)49(9)72(90,94-64)41-66(86)91-45(5)32-33-55(77)36-52(74)24-19-28-59(81)47(7)60(82)34-31-42(2)62(84)39-56(78)37-53(75)25-21-30-61(51)83/h17-18,22,32-33,35,42,45-65,67-71,74-85,87-90H,13-16,19-21,23-31,34,36-41H2,1-12H3/b18-17-,33-32-,43-22-,44-35-/t42-,45+,46-,47-,48-,49-,50-,51+,52-,53+,54+,55+,56+,57-,58+,59-,60-,61+,62-,63-,64-,65-,67+,68+,69-,70-,71+,72+/m1/s1. The number of allylic oxidation sites excluding steroid dienone is 2. The van der Waals surface area contributed by atoms with Crippen LogP contribution >= 0.6 is 0 Å². The van der Waals surface area contributed by atoms with Crippen LogP contribution in [0.5, 0.6) is 0 Å². The molecule has 16 N–H and O–H groups in total. The van der Waals surface area contributed by atoms with Crippen molar-refractivity contribution in [1.82, 2.24) is 4.90 Å². The number of unbranched alkanes of at least 4 members (excludes halogenated alkanes) is 3. The Labute approximate surface area is 562 Å². The second-order valence-corrected chi connectivity index (χ2v) is 29.0.